The van der Waals surface area contributed by atoms with Crippen LogP contribution in [0, 0.1) is 6.20 Å². The molecule has 1 fully saturated rings. The van der Waals surface area contributed by atoms with Crippen molar-refractivity contribution < 1.29 is 17.1 Å². The van der Waals surface area contributed by atoms with Crippen LogP contribution in [0.1, 0.15) is 12.8 Å². The molecule has 0 amide bonds. The van der Waals surface area contributed by atoms with E-state index in [2.05, 4.69) is 11.2 Å². The maximum atomic E-state index is 4.94. The predicted molar refractivity (Wildman–Crippen MR) is 48.9 cm³/mol. The van der Waals surface area contributed by atoms with Crippen LogP contribution in [0.4, 0.5) is 0 Å². The summed E-state index contributed by atoms with van der Waals surface area (Å²) < 4.78 is 4.94. The molecule has 0 radical (unpaired) electrons. The molecule has 2 rings (SSSR count). The molecule has 2 nitrogen and oxygen atoms in total. The Labute approximate surface area is 102 Å². The molecule has 0 bridgehead atoms. The number of rotatable bonds is 0. The van der Waals surface area contributed by atoms with Crippen molar-refractivity contribution in [3.63, 3.8) is 0 Å². The van der Waals surface area contributed by atoms with Gasteiger partial charge in [0, 0.05) is 13.2 Å². The second kappa shape index (κ2) is 12.2. The fraction of sp³-hybridized carbons (Fsp3) is 0.444. The van der Waals surface area contributed by atoms with Crippen molar-refractivity contribution in [3.8, 4) is 0 Å². The van der Waals surface area contributed by atoms with E-state index in [0.717, 1.165) is 13.2 Å². The van der Waals surface area contributed by atoms with Gasteiger partial charge < -0.3 is 22.1 Å². The molecule has 0 atom stereocenters. The minimum absolute atomic E-state index is 0. The van der Waals surface area contributed by atoms with E-state index >= 15 is 0 Å². The van der Waals surface area contributed by atoms with Gasteiger partial charge in [-0.3, -0.25) is 0 Å². The van der Waals surface area contributed by atoms with Gasteiger partial charge in [-0.05, 0) is 12.8 Å². The Bertz CT molecular complexity index is 136. The quantitative estimate of drug-likeness (QED) is 0.376. The van der Waals surface area contributed by atoms with Crippen molar-refractivity contribution in [3.05, 3.63) is 30.6 Å². The number of hydrogen-bond acceptors (Lipinski definition) is 2. The van der Waals surface area contributed by atoms with Crippen molar-refractivity contribution in [2.45, 2.75) is 12.8 Å². The molecule has 1 aliphatic heterocycles. The summed E-state index contributed by atoms with van der Waals surface area (Å²) in [6.45, 7) is 2.00. The van der Waals surface area contributed by atoms with E-state index in [-0.39, 0.29) is 35.5 Å². The van der Waals surface area contributed by atoms with Crippen LogP contribution in [-0.4, -0.2) is 41.3 Å². The normalized spacial score (nSPS) is 12.9. The zero-order valence-electron chi connectivity index (χ0n) is 7.58. The average Bonchev–Trinajstić information content (AvgIpc) is 2.64. The summed E-state index contributed by atoms with van der Waals surface area (Å²) in [5, 5.41) is 0. The zero-order chi connectivity index (χ0) is 7.78. The molecule has 0 N–H and O–H groups in total. The van der Waals surface area contributed by atoms with E-state index in [1.54, 1.807) is 12.3 Å². The maximum absolute atomic E-state index is 4.94. The summed E-state index contributed by atoms with van der Waals surface area (Å²) in [5.74, 6) is 0. The summed E-state index contributed by atoms with van der Waals surface area (Å²) >= 11 is 0. The Kier molecular flexibility index (Phi) is 14.6. The van der Waals surface area contributed by atoms with Crippen LogP contribution >= 0.6 is 0 Å². The fourth-order valence-corrected chi connectivity index (χ4v) is 0.788. The van der Waals surface area contributed by atoms with E-state index in [0.29, 0.717) is 0 Å². The predicted octanol–water partition coefficient (Wildman–Crippen LogP) is -1.70. The Balaban J connectivity index is 0. The van der Waals surface area contributed by atoms with Gasteiger partial charge in [0.25, 0.3) is 0 Å². The summed E-state index contributed by atoms with van der Waals surface area (Å²) in [6, 6.07) is 5.50. The standard InChI is InChI=1S/C5H4N.C4H8O.ClH.Mg/c1-2-4-6-5-3-1;1-2-4-5-3-1;;/h1-4H;1-4H2;1H;/q-1;;;+2/p-1. The molecule has 0 unspecified atom stereocenters. The van der Waals surface area contributed by atoms with Gasteiger partial charge in [0.2, 0.25) is 0 Å². The van der Waals surface area contributed by atoms with E-state index in [1.165, 1.54) is 12.8 Å². The molecule has 0 aromatic carbocycles. The Morgan fingerprint density at radius 2 is 1.85 bits per heavy atom. The number of aromatic nitrogens is 1. The maximum Gasteiger partial charge on any atom is 2.00 e. The van der Waals surface area contributed by atoms with Crippen molar-refractivity contribution in [2.24, 2.45) is 0 Å². The van der Waals surface area contributed by atoms with Crippen molar-refractivity contribution >= 4 is 23.1 Å². The zero-order valence-corrected chi connectivity index (χ0v) is 9.75. The molecular weight excluding hydrogens is 198 g/mol. The molecule has 68 valence electrons. The van der Waals surface area contributed by atoms with Crippen LogP contribution in [-0.2, 0) is 4.74 Å². The third kappa shape index (κ3) is 10.1. The third-order valence-electron chi connectivity index (χ3n) is 1.34. The molecule has 13 heavy (non-hydrogen) atoms. The molecule has 1 aliphatic rings. The van der Waals surface area contributed by atoms with Crippen LogP contribution < -0.4 is 12.4 Å². The second-order valence-electron chi connectivity index (χ2n) is 2.28. The SMILES string of the molecule is C1CCOC1.[Cl-].[Mg+2].[c-]1ccccn1. The van der Waals surface area contributed by atoms with Gasteiger partial charge in [-0.25, -0.2) is 0 Å². The molecule has 4 heteroatoms. The molecule has 0 aliphatic carbocycles. The number of nitrogens with zero attached hydrogens (tertiary/aromatic N) is 1. The summed E-state index contributed by atoms with van der Waals surface area (Å²) in [7, 11) is 0. The van der Waals surface area contributed by atoms with Crippen LogP contribution in [0.15, 0.2) is 24.4 Å². The van der Waals surface area contributed by atoms with Gasteiger partial charge in [-0.2, -0.15) is 18.2 Å². The first-order valence-corrected chi connectivity index (χ1v) is 3.85. The largest absolute Gasteiger partial charge is 2.00 e. The fourth-order valence-electron chi connectivity index (χ4n) is 0.788. The molecule has 2 heterocycles. The smallest absolute Gasteiger partial charge is 1.00 e. The van der Waals surface area contributed by atoms with Gasteiger partial charge in [0.1, 0.15) is 0 Å². The van der Waals surface area contributed by atoms with Crippen molar-refractivity contribution in [2.75, 3.05) is 13.2 Å². The third-order valence-corrected chi connectivity index (χ3v) is 1.34. The van der Waals surface area contributed by atoms with E-state index in [9.17, 15) is 0 Å². The summed E-state index contributed by atoms with van der Waals surface area (Å²) in [5.41, 5.74) is 0. The Hall–Kier alpha value is 0.166. The first-order valence-electron chi connectivity index (χ1n) is 3.85. The van der Waals surface area contributed by atoms with Gasteiger partial charge in [-0.15, -0.1) is 0 Å². The second-order valence-corrected chi connectivity index (χ2v) is 2.28. The topological polar surface area (TPSA) is 22.1 Å². The Morgan fingerprint density at radius 1 is 1.15 bits per heavy atom. The molecule has 0 spiro atoms. The molecular formula is C9H12ClMgNO. The van der Waals surface area contributed by atoms with Crippen LogP contribution in [0.25, 0.3) is 0 Å². The molecule has 1 saturated heterocycles. The van der Waals surface area contributed by atoms with Crippen molar-refractivity contribution in [1.29, 1.82) is 0 Å². The first kappa shape index (κ1) is 15.6. The van der Waals surface area contributed by atoms with E-state index in [4.69, 9.17) is 4.74 Å². The van der Waals surface area contributed by atoms with Gasteiger partial charge in [-0.1, -0.05) is 12.4 Å². The van der Waals surface area contributed by atoms with Crippen LogP contribution in [0.2, 0.25) is 0 Å². The van der Waals surface area contributed by atoms with Gasteiger partial charge in [0.15, 0.2) is 0 Å². The summed E-state index contributed by atoms with van der Waals surface area (Å²) in [4.78, 5) is 3.66. The molecule has 1 aromatic heterocycles. The number of ether oxygens (including phenoxy) is 1. The average molecular weight is 210 g/mol. The molecule has 1 aromatic rings. The van der Waals surface area contributed by atoms with Gasteiger partial charge in [0.05, 0.1) is 0 Å². The van der Waals surface area contributed by atoms with E-state index < -0.39 is 0 Å². The van der Waals surface area contributed by atoms with Crippen LogP contribution in [0.5, 0.6) is 0 Å². The number of pyridine rings is 1. The minimum Gasteiger partial charge on any atom is -1.00 e. The Morgan fingerprint density at radius 3 is 2.00 bits per heavy atom. The van der Waals surface area contributed by atoms with Gasteiger partial charge >= 0.3 is 23.1 Å². The monoisotopic (exact) mass is 209 g/mol. The molecule has 0 saturated carbocycles. The number of hydrogen-bond donors (Lipinski definition) is 0. The number of halogens is 1. The first-order chi connectivity index (χ1) is 5.50. The minimum atomic E-state index is 0. The van der Waals surface area contributed by atoms with E-state index in [1.807, 2.05) is 12.1 Å². The summed E-state index contributed by atoms with van der Waals surface area (Å²) in [6.07, 6.45) is 6.89. The van der Waals surface area contributed by atoms with Crippen molar-refractivity contribution in [1.82, 2.24) is 4.98 Å². The van der Waals surface area contributed by atoms with Crippen LogP contribution in [0.3, 0.4) is 0 Å².